The number of ether oxygens (including phenoxy) is 2. The van der Waals surface area contributed by atoms with Crippen LogP contribution in [-0.2, 0) is 26.2 Å². The summed E-state index contributed by atoms with van der Waals surface area (Å²) in [6, 6.07) is 10.8. The summed E-state index contributed by atoms with van der Waals surface area (Å²) in [5, 5.41) is 8.03. The summed E-state index contributed by atoms with van der Waals surface area (Å²) in [5.41, 5.74) is 0.00238. The number of nitrogens with zero attached hydrogens (tertiary/aromatic N) is 4. The fourth-order valence-electron chi connectivity index (χ4n) is 3.07. The molecule has 0 unspecified atom stereocenters. The third-order valence-corrected chi connectivity index (χ3v) is 7.59. The third kappa shape index (κ3) is 4.37. The maximum absolute atomic E-state index is 13.0. The number of carbonyl (C=O) groups is 1. The van der Waals surface area contributed by atoms with Gasteiger partial charge in [-0.2, -0.15) is 8.99 Å². The summed E-state index contributed by atoms with van der Waals surface area (Å²) in [6.45, 7) is 0.608. The van der Waals surface area contributed by atoms with Crippen molar-refractivity contribution in [2.24, 2.45) is 0 Å². The fraction of sp³-hybridized carbons (Fsp3) is 0.263. The van der Waals surface area contributed by atoms with E-state index in [0.29, 0.717) is 28.6 Å². The first-order chi connectivity index (χ1) is 14.9. The highest BCUT2D eigenvalue weighted by atomic mass is 79.9. The Morgan fingerprint density at radius 1 is 1.16 bits per heavy atom. The van der Waals surface area contributed by atoms with Crippen LogP contribution in [0.5, 0.6) is 0 Å². The standard InChI is InChI=1S/C19H17BrN4O6S/c20-15-6-5-13(11-17(15)31(27,28)23-7-9-29-10-8-23)19(26)30-12-24-18(25)14-3-1-2-4-16(14)21-22-24/h1-6,11H,7-10,12H2. The summed E-state index contributed by atoms with van der Waals surface area (Å²) in [7, 11) is -3.83. The minimum atomic E-state index is -3.83. The number of carbonyl (C=O) groups excluding carboxylic acids is 1. The Morgan fingerprint density at radius 2 is 1.90 bits per heavy atom. The number of halogens is 1. The number of hydrogen-bond donors (Lipinski definition) is 0. The minimum absolute atomic E-state index is 0.0248. The van der Waals surface area contributed by atoms with E-state index in [4.69, 9.17) is 9.47 Å². The Hall–Kier alpha value is -2.67. The number of aromatic nitrogens is 3. The number of fused-ring (bicyclic) bond motifs is 1. The molecule has 162 valence electrons. The van der Waals surface area contributed by atoms with Crippen molar-refractivity contribution in [3.8, 4) is 0 Å². The van der Waals surface area contributed by atoms with Crippen LogP contribution in [0.3, 0.4) is 0 Å². The summed E-state index contributed by atoms with van der Waals surface area (Å²) in [4.78, 5) is 24.9. The van der Waals surface area contributed by atoms with Crippen molar-refractivity contribution in [2.75, 3.05) is 26.3 Å². The molecule has 4 rings (SSSR count). The maximum Gasteiger partial charge on any atom is 0.339 e. The second kappa shape index (κ2) is 8.83. The largest absolute Gasteiger partial charge is 0.439 e. The van der Waals surface area contributed by atoms with Crippen molar-refractivity contribution >= 4 is 42.8 Å². The van der Waals surface area contributed by atoms with Gasteiger partial charge in [0.1, 0.15) is 5.52 Å². The number of esters is 1. The number of sulfonamides is 1. The zero-order valence-corrected chi connectivity index (χ0v) is 18.5. The fourth-order valence-corrected chi connectivity index (χ4v) is 5.42. The molecule has 12 heteroatoms. The van der Waals surface area contributed by atoms with Crippen LogP contribution >= 0.6 is 15.9 Å². The topological polar surface area (TPSA) is 121 Å². The van der Waals surface area contributed by atoms with E-state index in [-0.39, 0.29) is 23.5 Å². The molecule has 1 fully saturated rings. The van der Waals surface area contributed by atoms with Gasteiger partial charge in [-0.3, -0.25) is 4.79 Å². The maximum atomic E-state index is 13.0. The molecule has 1 saturated heterocycles. The first kappa shape index (κ1) is 21.6. The third-order valence-electron chi connectivity index (χ3n) is 4.70. The normalized spacial score (nSPS) is 15.1. The predicted octanol–water partition coefficient (Wildman–Crippen LogP) is 1.39. The van der Waals surface area contributed by atoms with Crippen molar-refractivity contribution in [2.45, 2.75) is 11.6 Å². The molecule has 2 aromatic carbocycles. The lowest BCUT2D eigenvalue weighted by atomic mass is 10.2. The molecule has 0 saturated carbocycles. The Labute approximate surface area is 185 Å². The highest BCUT2D eigenvalue weighted by molar-refractivity contribution is 9.10. The smallest absolute Gasteiger partial charge is 0.339 e. The molecule has 31 heavy (non-hydrogen) atoms. The summed E-state index contributed by atoms with van der Waals surface area (Å²) in [6.07, 6.45) is 0. The van der Waals surface area contributed by atoms with Crippen LogP contribution in [0.4, 0.5) is 0 Å². The van der Waals surface area contributed by atoms with Gasteiger partial charge < -0.3 is 9.47 Å². The van der Waals surface area contributed by atoms with Gasteiger partial charge in [-0.15, -0.1) is 5.10 Å². The van der Waals surface area contributed by atoms with Crippen molar-refractivity contribution in [3.05, 3.63) is 62.9 Å². The second-order valence-corrected chi connectivity index (χ2v) is 9.39. The van der Waals surface area contributed by atoms with Gasteiger partial charge in [0.05, 0.1) is 29.1 Å². The van der Waals surface area contributed by atoms with Crippen molar-refractivity contribution < 1.29 is 22.7 Å². The molecule has 0 aliphatic carbocycles. The average Bonchev–Trinajstić information content (AvgIpc) is 2.79. The molecule has 0 spiro atoms. The lowest BCUT2D eigenvalue weighted by molar-refractivity contribution is 0.0335. The van der Waals surface area contributed by atoms with Crippen LogP contribution in [0.25, 0.3) is 10.9 Å². The van der Waals surface area contributed by atoms with Crippen LogP contribution in [0.1, 0.15) is 10.4 Å². The van der Waals surface area contributed by atoms with E-state index >= 15 is 0 Å². The lowest BCUT2D eigenvalue weighted by Gasteiger charge is -2.26. The summed E-state index contributed by atoms with van der Waals surface area (Å²) < 4.78 is 38.8. The Morgan fingerprint density at radius 3 is 2.68 bits per heavy atom. The van der Waals surface area contributed by atoms with Crippen molar-refractivity contribution in [1.29, 1.82) is 0 Å². The molecule has 0 N–H and O–H groups in total. The van der Waals surface area contributed by atoms with E-state index in [1.165, 1.54) is 22.5 Å². The van der Waals surface area contributed by atoms with Crippen LogP contribution in [-0.4, -0.2) is 60.0 Å². The number of morpholine rings is 1. The van der Waals surface area contributed by atoms with Crippen LogP contribution in [0.15, 0.2) is 56.6 Å². The van der Waals surface area contributed by atoms with Crippen molar-refractivity contribution in [1.82, 2.24) is 19.3 Å². The molecule has 3 aromatic rings. The summed E-state index contributed by atoms with van der Waals surface area (Å²) >= 11 is 3.24. The lowest BCUT2D eigenvalue weighted by Crippen LogP contribution is -2.40. The molecule has 1 aliphatic rings. The summed E-state index contributed by atoms with van der Waals surface area (Å²) in [5.74, 6) is -0.798. The molecule has 10 nitrogen and oxygen atoms in total. The number of rotatable bonds is 5. The highest BCUT2D eigenvalue weighted by Gasteiger charge is 2.29. The predicted molar refractivity (Wildman–Crippen MR) is 113 cm³/mol. The molecular weight excluding hydrogens is 492 g/mol. The van der Waals surface area contributed by atoms with E-state index in [2.05, 4.69) is 26.2 Å². The molecular formula is C19H17BrN4O6S. The average molecular weight is 509 g/mol. The first-order valence-electron chi connectivity index (χ1n) is 9.25. The van der Waals surface area contributed by atoms with Crippen LogP contribution in [0, 0.1) is 0 Å². The van der Waals surface area contributed by atoms with Crippen molar-refractivity contribution in [3.63, 3.8) is 0 Å². The second-order valence-electron chi connectivity index (χ2n) is 6.63. The van der Waals surface area contributed by atoms with E-state index < -0.39 is 28.3 Å². The molecule has 0 atom stereocenters. The van der Waals surface area contributed by atoms with Gasteiger partial charge in [-0.25, -0.2) is 13.2 Å². The van der Waals surface area contributed by atoms with Gasteiger partial charge in [-0.05, 0) is 46.3 Å². The molecule has 0 amide bonds. The van der Waals surface area contributed by atoms with Gasteiger partial charge in [-0.1, -0.05) is 17.3 Å². The van der Waals surface area contributed by atoms with Gasteiger partial charge >= 0.3 is 5.97 Å². The van der Waals surface area contributed by atoms with Crippen LogP contribution in [0.2, 0.25) is 0 Å². The Kier molecular flexibility index (Phi) is 6.14. The molecule has 2 heterocycles. The zero-order valence-electron chi connectivity index (χ0n) is 16.1. The Bertz CT molecular complexity index is 1300. The quantitative estimate of drug-likeness (QED) is 0.474. The van der Waals surface area contributed by atoms with E-state index in [1.807, 2.05) is 0 Å². The Balaban J connectivity index is 1.55. The van der Waals surface area contributed by atoms with Gasteiger partial charge in [0.2, 0.25) is 10.0 Å². The minimum Gasteiger partial charge on any atom is -0.439 e. The van der Waals surface area contributed by atoms with Crippen LogP contribution < -0.4 is 5.56 Å². The van der Waals surface area contributed by atoms with Gasteiger partial charge in [0.25, 0.3) is 5.56 Å². The monoisotopic (exact) mass is 508 g/mol. The highest BCUT2D eigenvalue weighted by Crippen LogP contribution is 2.27. The first-order valence-corrected chi connectivity index (χ1v) is 11.5. The molecule has 1 aromatic heterocycles. The van der Waals surface area contributed by atoms with E-state index in [1.54, 1.807) is 24.3 Å². The number of benzene rings is 2. The molecule has 0 bridgehead atoms. The molecule has 0 radical (unpaired) electrons. The van der Waals surface area contributed by atoms with Gasteiger partial charge in [0.15, 0.2) is 6.73 Å². The van der Waals surface area contributed by atoms with E-state index in [9.17, 15) is 18.0 Å². The van der Waals surface area contributed by atoms with Gasteiger partial charge in [0, 0.05) is 17.6 Å². The SMILES string of the molecule is O=C(OCn1nnc2ccccc2c1=O)c1ccc(Br)c(S(=O)(=O)N2CCOCC2)c1. The molecule has 1 aliphatic heterocycles. The zero-order chi connectivity index (χ0) is 22.0. The van der Waals surface area contributed by atoms with E-state index in [0.717, 1.165) is 4.68 Å². The number of hydrogen-bond acceptors (Lipinski definition) is 8.